The number of nitrogens with zero attached hydrogens (tertiary/aromatic N) is 2. The lowest BCUT2D eigenvalue weighted by Crippen LogP contribution is -2.10. The van der Waals surface area contributed by atoms with Crippen molar-refractivity contribution in [2.24, 2.45) is 0 Å². The molecule has 158 valence electrons. The molecule has 0 aliphatic heterocycles. The standard InChI is InChI=1S/C19H15BrF3N3O3S/c1-10-2-3-11(6-13(10)19(21,22)23)18(15-8-24-26-25-15)30-12-4-5-16(14(20)7-12)29-9-17(27)28/h2-8,18H,9H2,1H3,(H,27,28)(H,24,25,26). The first-order valence-corrected chi connectivity index (χ1v) is 10.2. The van der Waals surface area contributed by atoms with Crippen LogP contribution in [0.2, 0.25) is 0 Å². The van der Waals surface area contributed by atoms with E-state index in [0.29, 0.717) is 26.4 Å². The molecule has 2 aromatic carbocycles. The largest absolute Gasteiger partial charge is 0.481 e. The summed E-state index contributed by atoms with van der Waals surface area (Å²) in [5.41, 5.74) is 0.332. The number of rotatable bonds is 7. The van der Waals surface area contributed by atoms with Crippen molar-refractivity contribution in [2.45, 2.75) is 23.2 Å². The van der Waals surface area contributed by atoms with Crippen molar-refractivity contribution in [1.82, 2.24) is 15.4 Å². The van der Waals surface area contributed by atoms with Gasteiger partial charge in [0.05, 0.1) is 21.5 Å². The van der Waals surface area contributed by atoms with Gasteiger partial charge in [-0.25, -0.2) is 4.79 Å². The van der Waals surface area contributed by atoms with Gasteiger partial charge in [-0.1, -0.05) is 12.1 Å². The average molecular weight is 502 g/mol. The van der Waals surface area contributed by atoms with Crippen LogP contribution in [0.1, 0.15) is 27.6 Å². The fraction of sp³-hybridized carbons (Fsp3) is 0.211. The number of ether oxygens (including phenoxy) is 1. The van der Waals surface area contributed by atoms with Crippen molar-refractivity contribution in [2.75, 3.05) is 6.61 Å². The Hall–Kier alpha value is -2.53. The van der Waals surface area contributed by atoms with Gasteiger partial charge in [-0.2, -0.15) is 28.6 Å². The van der Waals surface area contributed by atoms with E-state index in [1.807, 2.05) is 0 Å². The molecule has 0 aliphatic carbocycles. The SMILES string of the molecule is Cc1ccc(C(Sc2ccc(OCC(=O)O)c(Br)c2)c2cn[nH]n2)cc1C(F)(F)F. The van der Waals surface area contributed by atoms with Crippen LogP contribution in [0.4, 0.5) is 13.2 Å². The van der Waals surface area contributed by atoms with Crippen LogP contribution in [0.3, 0.4) is 0 Å². The molecule has 11 heteroatoms. The molecule has 0 saturated heterocycles. The predicted molar refractivity (Wildman–Crippen MR) is 108 cm³/mol. The molecule has 1 heterocycles. The summed E-state index contributed by atoms with van der Waals surface area (Å²) in [6, 6.07) is 9.18. The van der Waals surface area contributed by atoms with Crippen LogP contribution in [0, 0.1) is 6.92 Å². The summed E-state index contributed by atoms with van der Waals surface area (Å²) in [5, 5.41) is 18.5. The minimum Gasteiger partial charge on any atom is -0.481 e. The molecule has 0 spiro atoms. The lowest BCUT2D eigenvalue weighted by Gasteiger charge is -2.18. The zero-order valence-corrected chi connectivity index (χ0v) is 17.8. The Morgan fingerprint density at radius 3 is 2.67 bits per heavy atom. The highest BCUT2D eigenvalue weighted by atomic mass is 79.9. The Balaban J connectivity index is 1.94. The molecule has 0 radical (unpaired) electrons. The number of hydrogen-bond acceptors (Lipinski definition) is 5. The van der Waals surface area contributed by atoms with E-state index in [1.54, 1.807) is 24.3 Å². The molecule has 0 saturated carbocycles. The molecule has 1 atom stereocenters. The van der Waals surface area contributed by atoms with E-state index in [0.717, 1.165) is 6.07 Å². The number of carbonyl (C=O) groups is 1. The monoisotopic (exact) mass is 501 g/mol. The number of aromatic amines is 1. The van der Waals surface area contributed by atoms with E-state index in [1.165, 1.54) is 30.9 Å². The number of carboxylic acid groups (broad SMARTS) is 1. The second-order valence-electron chi connectivity index (χ2n) is 6.24. The van der Waals surface area contributed by atoms with Gasteiger partial charge in [-0.15, -0.1) is 11.8 Å². The molecule has 30 heavy (non-hydrogen) atoms. The first-order chi connectivity index (χ1) is 14.1. The highest BCUT2D eigenvalue weighted by Gasteiger charge is 2.33. The fourth-order valence-corrected chi connectivity index (χ4v) is 4.46. The quantitative estimate of drug-likeness (QED) is 0.430. The maximum Gasteiger partial charge on any atom is 0.416 e. The normalized spacial score (nSPS) is 12.6. The summed E-state index contributed by atoms with van der Waals surface area (Å²) in [4.78, 5) is 11.4. The number of hydrogen-bond donors (Lipinski definition) is 2. The van der Waals surface area contributed by atoms with Crippen LogP contribution in [0.25, 0.3) is 0 Å². The molecule has 0 amide bonds. The summed E-state index contributed by atoms with van der Waals surface area (Å²) < 4.78 is 45.9. The van der Waals surface area contributed by atoms with Gasteiger partial charge in [-0.3, -0.25) is 0 Å². The number of halogens is 4. The molecule has 0 aliphatic rings. The molecule has 0 fully saturated rings. The maximum absolute atomic E-state index is 13.4. The number of H-pyrrole nitrogens is 1. The summed E-state index contributed by atoms with van der Waals surface area (Å²) in [7, 11) is 0. The molecule has 3 aromatic rings. The average Bonchev–Trinajstić information content (AvgIpc) is 3.19. The maximum atomic E-state index is 13.4. The lowest BCUT2D eigenvalue weighted by atomic mass is 10.0. The van der Waals surface area contributed by atoms with Gasteiger partial charge in [0, 0.05) is 4.90 Å². The molecule has 1 unspecified atom stereocenters. The van der Waals surface area contributed by atoms with Gasteiger partial charge in [-0.05, 0) is 58.2 Å². The molecule has 1 aromatic heterocycles. The Morgan fingerprint density at radius 2 is 2.07 bits per heavy atom. The molecular weight excluding hydrogens is 487 g/mol. The van der Waals surface area contributed by atoms with Crippen LogP contribution in [0.5, 0.6) is 5.75 Å². The minimum absolute atomic E-state index is 0.137. The van der Waals surface area contributed by atoms with Gasteiger partial charge in [0.2, 0.25) is 0 Å². The second-order valence-corrected chi connectivity index (χ2v) is 8.27. The lowest BCUT2D eigenvalue weighted by molar-refractivity contribution is -0.139. The van der Waals surface area contributed by atoms with Crippen LogP contribution in [-0.4, -0.2) is 33.1 Å². The topological polar surface area (TPSA) is 88.1 Å². The highest BCUT2D eigenvalue weighted by molar-refractivity contribution is 9.10. The van der Waals surface area contributed by atoms with Crippen LogP contribution >= 0.6 is 27.7 Å². The number of aliphatic carboxylic acids is 1. The fourth-order valence-electron chi connectivity index (χ4n) is 2.69. The number of nitrogens with one attached hydrogen (secondary N) is 1. The molecule has 3 rings (SSSR count). The van der Waals surface area contributed by atoms with Crippen LogP contribution in [-0.2, 0) is 11.0 Å². The second kappa shape index (κ2) is 9.09. The Bertz CT molecular complexity index is 1050. The van der Waals surface area contributed by atoms with E-state index < -0.39 is 29.6 Å². The first kappa shape index (κ1) is 22.2. The summed E-state index contributed by atoms with van der Waals surface area (Å²) in [6.07, 6.45) is -3.00. The van der Waals surface area contributed by atoms with Gasteiger partial charge in [0.1, 0.15) is 11.4 Å². The van der Waals surface area contributed by atoms with Gasteiger partial charge < -0.3 is 9.84 Å². The first-order valence-electron chi connectivity index (χ1n) is 8.49. The highest BCUT2D eigenvalue weighted by Crippen LogP contribution is 2.43. The molecule has 0 bridgehead atoms. The Morgan fingerprint density at radius 1 is 1.30 bits per heavy atom. The van der Waals surface area contributed by atoms with Crippen molar-refractivity contribution >= 4 is 33.7 Å². The summed E-state index contributed by atoms with van der Waals surface area (Å²) in [6.45, 7) is 0.925. The zero-order valence-electron chi connectivity index (χ0n) is 15.4. The zero-order chi connectivity index (χ0) is 21.9. The number of aromatic nitrogens is 3. The van der Waals surface area contributed by atoms with Crippen molar-refractivity contribution in [3.63, 3.8) is 0 Å². The van der Waals surface area contributed by atoms with Crippen LogP contribution < -0.4 is 4.74 Å². The van der Waals surface area contributed by atoms with E-state index in [9.17, 15) is 18.0 Å². The van der Waals surface area contributed by atoms with E-state index in [-0.39, 0.29) is 5.56 Å². The molecular formula is C19H15BrF3N3O3S. The van der Waals surface area contributed by atoms with Crippen molar-refractivity contribution < 1.29 is 27.8 Å². The molecule has 2 N–H and O–H groups in total. The molecule has 6 nitrogen and oxygen atoms in total. The number of alkyl halides is 3. The van der Waals surface area contributed by atoms with Gasteiger partial charge in [0.15, 0.2) is 6.61 Å². The number of benzene rings is 2. The summed E-state index contributed by atoms with van der Waals surface area (Å²) >= 11 is 4.61. The van der Waals surface area contributed by atoms with Crippen molar-refractivity contribution in [3.05, 3.63) is 69.5 Å². The van der Waals surface area contributed by atoms with Gasteiger partial charge in [0.25, 0.3) is 0 Å². The van der Waals surface area contributed by atoms with Crippen molar-refractivity contribution in [3.8, 4) is 5.75 Å². The third-order valence-electron chi connectivity index (χ3n) is 4.08. The number of thioether (sulfide) groups is 1. The summed E-state index contributed by atoms with van der Waals surface area (Å²) in [5.74, 6) is -0.763. The van der Waals surface area contributed by atoms with E-state index in [4.69, 9.17) is 9.84 Å². The van der Waals surface area contributed by atoms with Gasteiger partial charge >= 0.3 is 12.1 Å². The Labute approximate surface area is 182 Å². The van der Waals surface area contributed by atoms with Crippen molar-refractivity contribution in [1.29, 1.82) is 0 Å². The van der Waals surface area contributed by atoms with Crippen LogP contribution in [0.15, 0.2) is 52.0 Å². The minimum atomic E-state index is -4.47. The van der Waals surface area contributed by atoms with E-state index in [2.05, 4.69) is 31.3 Å². The number of aryl methyl sites for hydroxylation is 1. The predicted octanol–water partition coefficient (Wildman–Crippen LogP) is 5.24. The Kier molecular flexibility index (Phi) is 6.71. The third-order valence-corrected chi connectivity index (χ3v) is 5.98. The number of carboxylic acids is 1. The third kappa shape index (κ3) is 5.33. The smallest absolute Gasteiger partial charge is 0.416 e. The van der Waals surface area contributed by atoms with E-state index >= 15 is 0 Å².